The molecule has 1 aliphatic heterocycles. The molecule has 180 valence electrons. The maximum absolute atomic E-state index is 13.9. The number of carbonyl (C=O) groups excluding carboxylic acids is 2. The molecule has 1 aromatic carbocycles. The molecule has 1 aliphatic carbocycles. The van der Waals surface area contributed by atoms with Crippen LogP contribution in [-0.4, -0.2) is 39.4 Å². The molecule has 1 unspecified atom stereocenters. The summed E-state index contributed by atoms with van der Waals surface area (Å²) in [7, 11) is 0. The maximum atomic E-state index is 13.9. The molecule has 0 saturated heterocycles. The lowest BCUT2D eigenvalue weighted by atomic mass is 9.86. The molecule has 5 rings (SSSR count). The first kappa shape index (κ1) is 23.2. The Labute approximate surface area is 206 Å². The molecule has 1 atom stereocenters. The van der Waals surface area contributed by atoms with E-state index >= 15 is 0 Å². The lowest BCUT2D eigenvalue weighted by Crippen LogP contribution is -2.65. The highest BCUT2D eigenvalue weighted by atomic mass is 32.1. The zero-order valence-electron chi connectivity index (χ0n) is 20.5. The van der Waals surface area contributed by atoms with Gasteiger partial charge < -0.3 is 14.8 Å². The molecule has 34 heavy (non-hydrogen) atoms. The molecule has 2 aromatic heterocycles. The topological polar surface area (TPSA) is 54.3 Å². The van der Waals surface area contributed by atoms with Gasteiger partial charge in [-0.2, -0.15) is 0 Å². The maximum Gasteiger partial charge on any atom is 0.271 e. The van der Waals surface area contributed by atoms with Crippen LogP contribution in [-0.2, 0) is 24.2 Å². The van der Waals surface area contributed by atoms with Crippen molar-refractivity contribution in [3.63, 3.8) is 0 Å². The predicted molar refractivity (Wildman–Crippen MR) is 138 cm³/mol. The van der Waals surface area contributed by atoms with Crippen molar-refractivity contribution in [2.75, 3.05) is 6.54 Å². The third-order valence-electron chi connectivity index (χ3n) is 7.82. The molecule has 0 spiro atoms. The number of nitrogens with zero attached hydrogens (tertiary/aromatic N) is 2. The lowest BCUT2D eigenvalue weighted by molar-refractivity contribution is -0.133. The predicted octanol–water partition coefficient (Wildman–Crippen LogP) is 5.42. The van der Waals surface area contributed by atoms with Crippen molar-refractivity contribution >= 4 is 33.4 Å². The Hall–Kier alpha value is -2.60. The van der Waals surface area contributed by atoms with E-state index in [0.717, 1.165) is 54.7 Å². The second kappa shape index (κ2) is 9.21. The van der Waals surface area contributed by atoms with Gasteiger partial charge in [0.05, 0.1) is 16.8 Å². The second-order valence-electron chi connectivity index (χ2n) is 10.3. The number of fused-ring (bicyclic) bond motifs is 3. The van der Waals surface area contributed by atoms with Gasteiger partial charge in [-0.05, 0) is 69.1 Å². The van der Waals surface area contributed by atoms with Crippen LogP contribution < -0.4 is 5.32 Å². The van der Waals surface area contributed by atoms with E-state index in [1.54, 1.807) is 11.3 Å². The summed E-state index contributed by atoms with van der Waals surface area (Å²) in [5, 5.41) is 3.34. The summed E-state index contributed by atoms with van der Waals surface area (Å²) in [5.41, 5.74) is 2.03. The highest BCUT2D eigenvalue weighted by Crippen LogP contribution is 2.36. The smallest absolute Gasteiger partial charge is 0.271 e. The number of thiophene rings is 1. The standard InChI is InChI=1S/C28H35N3O2S/c1-4-22-16-23-25(34-22)17-24-26(32)31(15-14-20-8-6-5-7-9-20)28(3,18-30(23)24)27(33)29-21-12-10-19(2)11-13-21/h5-9,16-17,19,21H,4,10-15,18H2,1-3H3,(H,29,33). The molecular weight excluding hydrogens is 442 g/mol. The monoisotopic (exact) mass is 477 g/mol. The number of amides is 2. The Morgan fingerprint density at radius 3 is 2.59 bits per heavy atom. The zero-order chi connectivity index (χ0) is 23.9. The Balaban J connectivity index is 1.47. The Kier molecular flexibility index (Phi) is 6.28. The van der Waals surface area contributed by atoms with Crippen LogP contribution >= 0.6 is 11.3 Å². The number of aryl methyl sites for hydroxylation is 1. The SMILES string of the molecule is CCc1cc2c(cc3n2CC(C)(C(=O)NC2CCC(C)CC2)N(CCc2ccccc2)C3=O)s1. The highest BCUT2D eigenvalue weighted by Gasteiger charge is 2.48. The van der Waals surface area contributed by atoms with Crippen molar-refractivity contribution in [1.82, 2.24) is 14.8 Å². The number of nitrogens with one attached hydrogen (secondary N) is 1. The van der Waals surface area contributed by atoms with Gasteiger partial charge in [0.1, 0.15) is 11.2 Å². The van der Waals surface area contributed by atoms with E-state index in [9.17, 15) is 9.59 Å². The minimum Gasteiger partial charge on any atom is -0.351 e. The first-order valence-corrected chi connectivity index (χ1v) is 13.5. The summed E-state index contributed by atoms with van der Waals surface area (Å²) in [4.78, 5) is 30.8. The van der Waals surface area contributed by atoms with Gasteiger partial charge in [0.25, 0.3) is 5.91 Å². The fraction of sp³-hybridized carbons (Fsp3) is 0.500. The molecule has 1 N–H and O–H groups in total. The normalized spacial score (nSPS) is 24.9. The number of rotatable bonds is 6. The number of hydrogen-bond acceptors (Lipinski definition) is 3. The summed E-state index contributed by atoms with van der Waals surface area (Å²) in [6, 6.07) is 14.6. The third-order valence-corrected chi connectivity index (χ3v) is 9.04. The van der Waals surface area contributed by atoms with Crippen LogP contribution in [0.25, 0.3) is 10.2 Å². The quantitative estimate of drug-likeness (QED) is 0.516. The van der Waals surface area contributed by atoms with Gasteiger partial charge >= 0.3 is 0 Å². The first-order valence-electron chi connectivity index (χ1n) is 12.7. The van der Waals surface area contributed by atoms with Crippen LogP contribution in [0.3, 0.4) is 0 Å². The average molecular weight is 478 g/mol. The van der Waals surface area contributed by atoms with Crippen LogP contribution in [0.5, 0.6) is 0 Å². The van der Waals surface area contributed by atoms with Crippen molar-refractivity contribution in [1.29, 1.82) is 0 Å². The van der Waals surface area contributed by atoms with E-state index in [-0.39, 0.29) is 17.9 Å². The number of benzene rings is 1. The van der Waals surface area contributed by atoms with E-state index in [4.69, 9.17) is 0 Å². The molecule has 6 heteroatoms. The summed E-state index contributed by atoms with van der Waals surface area (Å²) >= 11 is 1.75. The molecule has 0 radical (unpaired) electrons. The van der Waals surface area contributed by atoms with Gasteiger partial charge in [0.15, 0.2) is 0 Å². The molecule has 2 aliphatic rings. The Bertz CT molecular complexity index is 1190. The number of hydrogen-bond donors (Lipinski definition) is 1. The van der Waals surface area contributed by atoms with E-state index in [0.29, 0.717) is 18.8 Å². The van der Waals surface area contributed by atoms with Crippen molar-refractivity contribution in [3.05, 3.63) is 58.6 Å². The molecule has 1 saturated carbocycles. The minimum absolute atomic E-state index is 0.0214. The van der Waals surface area contributed by atoms with Crippen LogP contribution in [0.15, 0.2) is 42.5 Å². The van der Waals surface area contributed by atoms with Gasteiger partial charge in [-0.1, -0.05) is 44.2 Å². The molecule has 2 amide bonds. The van der Waals surface area contributed by atoms with Crippen LogP contribution in [0, 0.1) is 5.92 Å². The molecule has 1 fully saturated rings. The molecule has 3 aromatic rings. The highest BCUT2D eigenvalue weighted by molar-refractivity contribution is 7.19. The fourth-order valence-electron chi connectivity index (χ4n) is 5.54. The van der Waals surface area contributed by atoms with Gasteiger partial charge in [-0.15, -0.1) is 11.3 Å². The van der Waals surface area contributed by atoms with E-state index in [1.807, 2.05) is 36.1 Å². The van der Waals surface area contributed by atoms with Crippen molar-refractivity contribution in [2.45, 2.75) is 77.4 Å². The Morgan fingerprint density at radius 1 is 1.15 bits per heavy atom. The molecule has 0 bridgehead atoms. The van der Waals surface area contributed by atoms with Crippen LogP contribution in [0.4, 0.5) is 0 Å². The van der Waals surface area contributed by atoms with Crippen molar-refractivity contribution in [2.24, 2.45) is 5.92 Å². The summed E-state index contributed by atoms with van der Waals surface area (Å²) in [5.74, 6) is 0.662. The lowest BCUT2D eigenvalue weighted by Gasteiger charge is -2.45. The number of carbonyl (C=O) groups is 2. The zero-order valence-corrected chi connectivity index (χ0v) is 21.3. The van der Waals surface area contributed by atoms with Gasteiger partial charge in [-0.25, -0.2) is 0 Å². The summed E-state index contributed by atoms with van der Waals surface area (Å²) in [6.07, 6.45) is 6.04. The second-order valence-corrected chi connectivity index (χ2v) is 11.5. The van der Waals surface area contributed by atoms with Gasteiger partial charge in [0, 0.05) is 17.5 Å². The average Bonchev–Trinajstić information content (AvgIpc) is 3.39. The minimum atomic E-state index is -0.928. The first-order chi connectivity index (χ1) is 16.4. The van der Waals surface area contributed by atoms with E-state index in [2.05, 4.69) is 41.9 Å². The van der Waals surface area contributed by atoms with Crippen molar-refractivity contribution < 1.29 is 9.59 Å². The van der Waals surface area contributed by atoms with Crippen molar-refractivity contribution in [3.8, 4) is 0 Å². The van der Waals surface area contributed by atoms with E-state index < -0.39 is 5.54 Å². The molecule has 5 nitrogen and oxygen atoms in total. The summed E-state index contributed by atoms with van der Waals surface area (Å²) in [6.45, 7) is 7.41. The molecular formula is C28H35N3O2S. The van der Waals surface area contributed by atoms with Gasteiger partial charge in [0.2, 0.25) is 5.91 Å². The molecule has 3 heterocycles. The van der Waals surface area contributed by atoms with Gasteiger partial charge in [-0.3, -0.25) is 9.59 Å². The third kappa shape index (κ3) is 4.17. The Morgan fingerprint density at radius 2 is 1.88 bits per heavy atom. The van der Waals surface area contributed by atoms with E-state index in [1.165, 1.54) is 10.4 Å². The number of aromatic nitrogens is 1. The largest absolute Gasteiger partial charge is 0.351 e. The van der Waals surface area contributed by atoms with Crippen LogP contribution in [0.1, 0.15) is 67.4 Å². The van der Waals surface area contributed by atoms with Crippen LogP contribution in [0.2, 0.25) is 0 Å². The summed E-state index contributed by atoms with van der Waals surface area (Å²) < 4.78 is 3.23. The fourth-order valence-corrected chi connectivity index (χ4v) is 6.59.